The number of rotatable bonds is 4. The van der Waals surface area contributed by atoms with Gasteiger partial charge in [-0.1, -0.05) is 0 Å². The summed E-state index contributed by atoms with van der Waals surface area (Å²) in [5.41, 5.74) is 4.02. The van der Waals surface area contributed by atoms with Crippen molar-refractivity contribution >= 4 is 23.3 Å². The summed E-state index contributed by atoms with van der Waals surface area (Å²) in [6.45, 7) is 2.89. The summed E-state index contributed by atoms with van der Waals surface area (Å²) in [4.78, 5) is 28.6. The first kappa shape index (κ1) is 19.0. The molecule has 1 amide bonds. The van der Waals surface area contributed by atoms with E-state index in [1.807, 2.05) is 29.2 Å². The number of amides is 1. The molecule has 156 valence electrons. The second-order valence-electron chi connectivity index (χ2n) is 8.35. The third-order valence-electron chi connectivity index (χ3n) is 6.31. The van der Waals surface area contributed by atoms with E-state index in [0.717, 1.165) is 67.0 Å². The Bertz CT molecular complexity index is 975. The number of anilines is 2. The lowest BCUT2D eigenvalue weighted by atomic mass is 9.97. The van der Waals surface area contributed by atoms with Crippen molar-refractivity contribution in [2.24, 2.45) is 0 Å². The van der Waals surface area contributed by atoms with E-state index in [1.165, 1.54) is 6.42 Å². The second kappa shape index (κ2) is 7.67. The first-order valence-electron chi connectivity index (χ1n) is 10.8. The normalized spacial score (nSPS) is 18.5. The molecule has 1 aliphatic carbocycles. The summed E-state index contributed by atoms with van der Waals surface area (Å²) in [6.07, 6.45) is 5.53. The molecule has 2 fully saturated rings. The van der Waals surface area contributed by atoms with Gasteiger partial charge in [0.1, 0.15) is 12.4 Å². The number of hydrogen-bond acceptors (Lipinski definition) is 4. The van der Waals surface area contributed by atoms with Gasteiger partial charge in [0, 0.05) is 29.9 Å². The van der Waals surface area contributed by atoms with E-state index < -0.39 is 5.97 Å². The van der Waals surface area contributed by atoms with Gasteiger partial charge in [0.15, 0.2) is 0 Å². The molecule has 2 heterocycles. The van der Waals surface area contributed by atoms with Crippen LogP contribution in [-0.4, -0.2) is 48.1 Å². The van der Waals surface area contributed by atoms with Crippen LogP contribution >= 0.6 is 0 Å². The van der Waals surface area contributed by atoms with E-state index in [9.17, 15) is 9.59 Å². The zero-order chi connectivity index (χ0) is 20.7. The summed E-state index contributed by atoms with van der Waals surface area (Å²) >= 11 is 0. The van der Waals surface area contributed by atoms with Gasteiger partial charge in [0.05, 0.1) is 17.8 Å². The minimum absolute atomic E-state index is 0.130. The van der Waals surface area contributed by atoms with E-state index in [0.29, 0.717) is 19.1 Å². The van der Waals surface area contributed by atoms with Crippen molar-refractivity contribution in [3.63, 3.8) is 0 Å². The molecule has 0 atom stereocenters. The monoisotopic (exact) mass is 406 g/mol. The smallest absolute Gasteiger partial charge is 0.335 e. The lowest BCUT2D eigenvalue weighted by Crippen LogP contribution is -2.36. The van der Waals surface area contributed by atoms with Crippen molar-refractivity contribution in [1.29, 1.82) is 0 Å². The highest BCUT2D eigenvalue weighted by atomic mass is 16.5. The molecule has 6 nitrogen and oxygen atoms in total. The number of hydrogen-bond donors (Lipinski definition) is 1. The molecule has 0 spiro atoms. The highest BCUT2D eigenvalue weighted by Crippen LogP contribution is 2.51. The van der Waals surface area contributed by atoms with Crippen LogP contribution in [0.25, 0.3) is 0 Å². The van der Waals surface area contributed by atoms with E-state index in [2.05, 4.69) is 4.90 Å². The minimum atomic E-state index is -0.930. The topological polar surface area (TPSA) is 70.1 Å². The average molecular weight is 406 g/mol. The number of piperidine rings is 1. The number of aromatic carboxylic acids is 1. The number of likely N-dealkylation sites (tertiary alicyclic amines) is 1. The molecule has 0 radical (unpaired) electrons. The number of carboxylic acids is 1. The van der Waals surface area contributed by atoms with Gasteiger partial charge in [0.25, 0.3) is 5.91 Å². The Kier molecular flexibility index (Phi) is 4.85. The lowest BCUT2D eigenvalue weighted by molar-refractivity contribution is 0.0694. The Balaban J connectivity index is 1.52. The number of carboxylic acid groups (broad SMARTS) is 1. The van der Waals surface area contributed by atoms with Gasteiger partial charge >= 0.3 is 5.97 Å². The van der Waals surface area contributed by atoms with Crippen LogP contribution in [0.1, 0.15) is 64.3 Å². The first-order chi connectivity index (χ1) is 14.6. The molecule has 5 rings (SSSR count). The maximum atomic E-state index is 13.3. The van der Waals surface area contributed by atoms with Gasteiger partial charge in [-0.3, -0.25) is 4.79 Å². The maximum absolute atomic E-state index is 13.3. The number of fused-ring (bicyclic) bond motifs is 1. The van der Waals surface area contributed by atoms with Gasteiger partial charge in [-0.15, -0.1) is 0 Å². The summed E-state index contributed by atoms with van der Waals surface area (Å²) in [7, 11) is 0. The van der Waals surface area contributed by atoms with Crippen LogP contribution in [0.15, 0.2) is 36.4 Å². The molecule has 2 aromatic rings. The number of ether oxygens (including phenoxy) is 1. The first-order valence-corrected chi connectivity index (χ1v) is 10.8. The Morgan fingerprint density at radius 1 is 0.933 bits per heavy atom. The van der Waals surface area contributed by atoms with Crippen molar-refractivity contribution in [1.82, 2.24) is 4.90 Å². The molecule has 3 aliphatic rings. The molecule has 30 heavy (non-hydrogen) atoms. The maximum Gasteiger partial charge on any atom is 0.335 e. The van der Waals surface area contributed by atoms with Crippen LogP contribution in [0.2, 0.25) is 0 Å². The molecule has 0 bridgehead atoms. The van der Waals surface area contributed by atoms with Crippen molar-refractivity contribution in [3.8, 4) is 5.75 Å². The number of nitrogens with zero attached hydrogens (tertiary/aromatic N) is 2. The molecule has 2 aromatic carbocycles. The highest BCUT2D eigenvalue weighted by Gasteiger charge is 2.36. The predicted octanol–water partition coefficient (Wildman–Crippen LogP) is 4.42. The molecule has 1 N–H and O–H groups in total. The molecular weight excluding hydrogens is 380 g/mol. The van der Waals surface area contributed by atoms with Gasteiger partial charge < -0.3 is 19.6 Å². The standard InChI is InChI=1S/C24H26N2O4/c27-23(25-12-2-1-3-13-25)19-10-11-20-22(21(19)16-4-5-16)30-15-14-26(20)18-8-6-17(7-9-18)24(28)29/h6-11,16H,1-5,12-15H2,(H,28,29). The Morgan fingerprint density at radius 2 is 1.67 bits per heavy atom. The van der Waals surface area contributed by atoms with Gasteiger partial charge in [0.2, 0.25) is 0 Å². The molecule has 0 aromatic heterocycles. The summed E-state index contributed by atoms with van der Waals surface area (Å²) in [6, 6.07) is 10.9. The molecule has 2 aliphatic heterocycles. The highest BCUT2D eigenvalue weighted by molar-refractivity contribution is 5.98. The average Bonchev–Trinajstić information content (AvgIpc) is 3.63. The van der Waals surface area contributed by atoms with Crippen LogP contribution in [0.3, 0.4) is 0 Å². The van der Waals surface area contributed by atoms with Gasteiger partial charge in [-0.2, -0.15) is 0 Å². The molecule has 0 unspecified atom stereocenters. The van der Waals surface area contributed by atoms with Crippen LogP contribution in [0.4, 0.5) is 11.4 Å². The molecule has 6 heteroatoms. The summed E-state index contributed by atoms with van der Waals surface area (Å²) in [5.74, 6) is 0.415. The fourth-order valence-electron chi connectivity index (χ4n) is 4.59. The zero-order valence-corrected chi connectivity index (χ0v) is 17.0. The van der Waals surface area contributed by atoms with Crippen molar-refractivity contribution in [2.45, 2.75) is 38.0 Å². The quantitative estimate of drug-likeness (QED) is 0.814. The largest absolute Gasteiger partial charge is 0.489 e. The van der Waals surface area contributed by atoms with Crippen molar-refractivity contribution in [3.05, 3.63) is 53.1 Å². The number of carbonyl (C=O) groups is 2. The summed E-state index contributed by atoms with van der Waals surface area (Å²) < 4.78 is 6.14. The van der Waals surface area contributed by atoms with Crippen LogP contribution in [0.5, 0.6) is 5.75 Å². The van der Waals surface area contributed by atoms with Gasteiger partial charge in [-0.05, 0) is 74.4 Å². The van der Waals surface area contributed by atoms with Gasteiger partial charge in [-0.25, -0.2) is 4.79 Å². The Hall–Kier alpha value is -3.02. The van der Waals surface area contributed by atoms with Crippen LogP contribution in [-0.2, 0) is 0 Å². The van der Waals surface area contributed by atoms with Crippen molar-refractivity contribution in [2.75, 3.05) is 31.1 Å². The van der Waals surface area contributed by atoms with E-state index in [1.54, 1.807) is 12.1 Å². The van der Waals surface area contributed by atoms with E-state index >= 15 is 0 Å². The van der Waals surface area contributed by atoms with Crippen LogP contribution in [0, 0.1) is 0 Å². The summed E-state index contributed by atoms with van der Waals surface area (Å²) in [5, 5.41) is 9.17. The number of carbonyl (C=O) groups excluding carboxylic acids is 1. The van der Waals surface area contributed by atoms with E-state index in [-0.39, 0.29) is 11.5 Å². The Labute approximate surface area is 176 Å². The zero-order valence-electron chi connectivity index (χ0n) is 17.0. The van der Waals surface area contributed by atoms with E-state index in [4.69, 9.17) is 9.84 Å². The molecular formula is C24H26N2O4. The Morgan fingerprint density at radius 3 is 2.33 bits per heavy atom. The molecule has 1 saturated heterocycles. The predicted molar refractivity (Wildman–Crippen MR) is 114 cm³/mol. The molecule has 1 saturated carbocycles. The fourth-order valence-corrected chi connectivity index (χ4v) is 4.59. The fraction of sp³-hybridized carbons (Fsp3) is 0.417. The van der Waals surface area contributed by atoms with Crippen molar-refractivity contribution < 1.29 is 19.4 Å². The SMILES string of the molecule is O=C(O)c1ccc(N2CCOc3c2ccc(C(=O)N2CCCCC2)c3C2CC2)cc1. The second-order valence-corrected chi connectivity index (χ2v) is 8.35. The minimum Gasteiger partial charge on any atom is -0.489 e. The number of benzene rings is 2. The lowest BCUT2D eigenvalue weighted by Gasteiger charge is -2.34. The third-order valence-corrected chi connectivity index (χ3v) is 6.31. The third kappa shape index (κ3) is 3.40. The van der Waals surface area contributed by atoms with Crippen LogP contribution < -0.4 is 9.64 Å².